The predicted octanol–water partition coefficient (Wildman–Crippen LogP) is 3.07. The number of aryl methyl sites for hydroxylation is 2. The number of nitrogens with two attached hydrogens (primary N) is 1. The lowest BCUT2D eigenvalue weighted by Gasteiger charge is -2.15. The van der Waals surface area contributed by atoms with Crippen molar-refractivity contribution in [1.29, 1.82) is 0 Å². The van der Waals surface area contributed by atoms with E-state index >= 15 is 0 Å². The van der Waals surface area contributed by atoms with Crippen LogP contribution in [-0.4, -0.2) is 0 Å². The van der Waals surface area contributed by atoms with Gasteiger partial charge in [0.1, 0.15) is 11.6 Å². The van der Waals surface area contributed by atoms with Crippen LogP contribution in [-0.2, 0) is 12.8 Å². The lowest BCUT2D eigenvalue weighted by atomic mass is 10.0. The number of halogens is 2. The number of hydrogen-bond donors (Lipinski definition) is 2. The highest BCUT2D eigenvalue weighted by atomic mass is 32.1. The fourth-order valence-electron chi connectivity index (χ4n) is 2.58. The smallest absolute Gasteiger partial charge is 0.126 e. The van der Waals surface area contributed by atoms with Crippen molar-refractivity contribution in [2.45, 2.75) is 25.3 Å². The maximum atomic E-state index is 13.3. The Kier molecular flexibility index (Phi) is 3.35. The van der Waals surface area contributed by atoms with Crippen LogP contribution in [0.2, 0.25) is 0 Å². The van der Waals surface area contributed by atoms with E-state index in [0.717, 1.165) is 23.8 Å². The lowest BCUT2D eigenvalue weighted by Crippen LogP contribution is -2.28. The van der Waals surface area contributed by atoms with Gasteiger partial charge < -0.3 is 0 Å². The van der Waals surface area contributed by atoms with Crippen molar-refractivity contribution in [2.24, 2.45) is 5.84 Å². The Morgan fingerprint density at radius 1 is 1.11 bits per heavy atom. The van der Waals surface area contributed by atoms with E-state index in [1.807, 2.05) is 0 Å². The van der Waals surface area contributed by atoms with Gasteiger partial charge in [-0.3, -0.25) is 5.84 Å². The fourth-order valence-corrected chi connectivity index (χ4v) is 3.92. The second-order valence-electron chi connectivity index (χ2n) is 4.75. The van der Waals surface area contributed by atoms with Crippen molar-refractivity contribution in [3.8, 4) is 0 Å². The third-order valence-electron chi connectivity index (χ3n) is 3.44. The highest BCUT2D eigenvalue weighted by Crippen LogP contribution is 2.36. The summed E-state index contributed by atoms with van der Waals surface area (Å²) >= 11 is 1.67. The maximum absolute atomic E-state index is 13.3. The third-order valence-corrected chi connectivity index (χ3v) is 4.74. The molecule has 1 aliphatic rings. The minimum atomic E-state index is -0.584. The van der Waals surface area contributed by atoms with E-state index in [4.69, 9.17) is 5.84 Å². The molecular formula is C14H14F2N2S. The Hall–Kier alpha value is -1.30. The Bertz CT molecular complexity index is 568. The topological polar surface area (TPSA) is 38.0 Å². The van der Waals surface area contributed by atoms with E-state index in [0.29, 0.717) is 5.56 Å². The molecule has 0 saturated carbocycles. The summed E-state index contributed by atoms with van der Waals surface area (Å²) in [7, 11) is 0. The molecule has 1 unspecified atom stereocenters. The second-order valence-corrected chi connectivity index (χ2v) is 5.92. The van der Waals surface area contributed by atoms with Crippen molar-refractivity contribution in [3.63, 3.8) is 0 Å². The van der Waals surface area contributed by atoms with Crippen LogP contribution >= 0.6 is 11.3 Å². The molecule has 2 nitrogen and oxygen atoms in total. The number of fused-ring (bicyclic) bond motifs is 1. The van der Waals surface area contributed by atoms with Gasteiger partial charge >= 0.3 is 0 Å². The molecule has 1 atom stereocenters. The number of nitrogens with one attached hydrogen (secondary N) is 1. The molecule has 0 amide bonds. The highest BCUT2D eigenvalue weighted by Gasteiger charge is 2.21. The largest absolute Gasteiger partial charge is 0.271 e. The summed E-state index contributed by atoms with van der Waals surface area (Å²) in [6.45, 7) is 0. The first-order chi connectivity index (χ1) is 9.17. The number of hydrogen-bond acceptors (Lipinski definition) is 3. The van der Waals surface area contributed by atoms with Crippen LogP contribution in [0.4, 0.5) is 8.78 Å². The highest BCUT2D eigenvalue weighted by molar-refractivity contribution is 7.12. The quantitative estimate of drug-likeness (QED) is 0.670. The van der Waals surface area contributed by atoms with E-state index in [9.17, 15) is 8.78 Å². The molecular weight excluding hydrogens is 266 g/mol. The van der Waals surface area contributed by atoms with Crippen LogP contribution in [0, 0.1) is 11.6 Å². The van der Waals surface area contributed by atoms with Crippen LogP contribution in [0.25, 0.3) is 0 Å². The molecule has 100 valence electrons. The fraction of sp³-hybridized carbons (Fsp3) is 0.286. The number of thiophene rings is 1. The van der Waals surface area contributed by atoms with Gasteiger partial charge in [0.25, 0.3) is 0 Å². The molecule has 3 N–H and O–H groups in total. The van der Waals surface area contributed by atoms with E-state index in [-0.39, 0.29) is 6.04 Å². The zero-order valence-corrected chi connectivity index (χ0v) is 11.1. The van der Waals surface area contributed by atoms with Crippen molar-refractivity contribution in [3.05, 3.63) is 56.8 Å². The van der Waals surface area contributed by atoms with Gasteiger partial charge in [-0.1, -0.05) is 0 Å². The molecule has 0 spiro atoms. The molecule has 3 rings (SSSR count). The van der Waals surface area contributed by atoms with Crippen LogP contribution in [0.5, 0.6) is 0 Å². The first-order valence-electron chi connectivity index (χ1n) is 6.21. The monoisotopic (exact) mass is 280 g/mol. The van der Waals surface area contributed by atoms with Crippen molar-refractivity contribution in [1.82, 2.24) is 5.43 Å². The number of rotatable bonds is 3. The zero-order valence-electron chi connectivity index (χ0n) is 10.2. The summed E-state index contributed by atoms with van der Waals surface area (Å²) < 4.78 is 26.6. The third kappa shape index (κ3) is 2.41. The Balaban J connectivity index is 1.99. The molecule has 1 aromatic heterocycles. The van der Waals surface area contributed by atoms with Gasteiger partial charge in [0.05, 0.1) is 6.04 Å². The molecule has 0 saturated heterocycles. The van der Waals surface area contributed by atoms with Gasteiger partial charge in [-0.2, -0.15) is 0 Å². The van der Waals surface area contributed by atoms with Crippen LogP contribution in [0.1, 0.15) is 33.3 Å². The van der Waals surface area contributed by atoms with Gasteiger partial charge in [-0.15, -0.1) is 11.3 Å². The maximum Gasteiger partial charge on any atom is 0.126 e. The number of hydrazine groups is 1. The summed E-state index contributed by atoms with van der Waals surface area (Å²) in [6.07, 6.45) is 3.37. The van der Waals surface area contributed by atoms with Crippen LogP contribution in [0.15, 0.2) is 24.3 Å². The van der Waals surface area contributed by atoms with E-state index in [2.05, 4.69) is 11.5 Å². The van der Waals surface area contributed by atoms with Gasteiger partial charge in [-0.25, -0.2) is 14.2 Å². The van der Waals surface area contributed by atoms with Gasteiger partial charge in [0.15, 0.2) is 0 Å². The molecule has 1 aliphatic carbocycles. The van der Waals surface area contributed by atoms with E-state index in [1.165, 1.54) is 29.0 Å². The minimum absolute atomic E-state index is 0.360. The molecule has 1 heterocycles. The van der Waals surface area contributed by atoms with Crippen LogP contribution in [0.3, 0.4) is 0 Å². The van der Waals surface area contributed by atoms with E-state index in [1.54, 1.807) is 11.3 Å². The first kappa shape index (κ1) is 12.7. The zero-order chi connectivity index (χ0) is 13.4. The van der Waals surface area contributed by atoms with Crippen molar-refractivity contribution < 1.29 is 8.78 Å². The van der Waals surface area contributed by atoms with Crippen LogP contribution < -0.4 is 11.3 Å². The molecule has 2 aromatic rings. The molecule has 0 aliphatic heterocycles. The standard InChI is InChI=1S/C14H14F2N2S/c15-10-4-9(5-11(16)7-10)14(18-17)13-6-8-2-1-3-12(8)19-13/h4-7,14,18H,1-3,17H2. The Morgan fingerprint density at radius 2 is 1.84 bits per heavy atom. The van der Waals surface area contributed by atoms with Gasteiger partial charge in [0, 0.05) is 15.8 Å². The normalized spacial score (nSPS) is 15.5. The summed E-state index contributed by atoms with van der Waals surface area (Å²) in [5, 5.41) is 0. The average Bonchev–Trinajstić information content (AvgIpc) is 2.89. The lowest BCUT2D eigenvalue weighted by molar-refractivity contribution is 0.567. The molecule has 19 heavy (non-hydrogen) atoms. The summed E-state index contributed by atoms with van der Waals surface area (Å²) in [4.78, 5) is 2.38. The second kappa shape index (κ2) is 5.00. The van der Waals surface area contributed by atoms with E-state index < -0.39 is 11.6 Å². The molecule has 5 heteroatoms. The molecule has 0 bridgehead atoms. The first-order valence-corrected chi connectivity index (χ1v) is 7.02. The Morgan fingerprint density at radius 3 is 2.47 bits per heavy atom. The van der Waals surface area contributed by atoms with Gasteiger partial charge in [0.2, 0.25) is 0 Å². The summed E-state index contributed by atoms with van der Waals surface area (Å²) in [5.74, 6) is 4.40. The summed E-state index contributed by atoms with van der Waals surface area (Å²) in [6, 6.07) is 5.24. The van der Waals surface area contributed by atoms with Gasteiger partial charge in [-0.05, 0) is 48.6 Å². The molecule has 0 radical (unpaired) electrons. The summed E-state index contributed by atoms with van der Waals surface area (Å²) in [5.41, 5.74) is 4.51. The SMILES string of the molecule is NNC(c1cc(F)cc(F)c1)c1cc2c(s1)CCC2. The van der Waals surface area contributed by atoms with Crippen molar-refractivity contribution >= 4 is 11.3 Å². The molecule has 1 aromatic carbocycles. The molecule has 0 fully saturated rings. The Labute approximate surface area is 114 Å². The predicted molar refractivity (Wildman–Crippen MR) is 71.9 cm³/mol. The minimum Gasteiger partial charge on any atom is -0.271 e. The average molecular weight is 280 g/mol. The number of benzene rings is 1. The van der Waals surface area contributed by atoms with Crippen molar-refractivity contribution in [2.75, 3.05) is 0 Å².